The van der Waals surface area contributed by atoms with E-state index in [2.05, 4.69) is 76.2 Å². The molecule has 0 spiro atoms. The summed E-state index contributed by atoms with van der Waals surface area (Å²) in [6.07, 6.45) is 13.1. The highest BCUT2D eigenvalue weighted by Crippen LogP contribution is 2.67. The van der Waals surface area contributed by atoms with Crippen molar-refractivity contribution in [3.63, 3.8) is 0 Å². The molecule has 6 aromatic rings. The van der Waals surface area contributed by atoms with Gasteiger partial charge in [-0.25, -0.2) is 0 Å². The van der Waals surface area contributed by atoms with Gasteiger partial charge < -0.3 is 30.6 Å². The number of hydrogen-bond donors (Lipinski definition) is 6. The van der Waals surface area contributed by atoms with E-state index in [0.717, 1.165) is 150 Å². The van der Waals surface area contributed by atoms with Crippen LogP contribution in [0.3, 0.4) is 0 Å². The molecule has 4 fully saturated rings. The van der Waals surface area contributed by atoms with E-state index >= 15 is 0 Å². The van der Waals surface area contributed by atoms with Crippen molar-refractivity contribution < 1.29 is 30.6 Å². The molecule has 0 aliphatic heterocycles. The normalized spacial score (nSPS) is 20.8. The van der Waals surface area contributed by atoms with Crippen molar-refractivity contribution >= 4 is 0 Å². The molecule has 10 rings (SSSR count). The lowest BCUT2D eigenvalue weighted by Gasteiger charge is -2.63. The molecule has 6 aromatic carbocycles. The highest BCUT2D eigenvalue weighted by molar-refractivity contribution is 5.60. The molecule has 4 aliphatic rings. The Kier molecular flexibility index (Phi) is 13.1. The smallest absolute Gasteiger partial charge is 0.122 e. The number of phenols is 6. The fourth-order valence-electron chi connectivity index (χ4n) is 13.7. The van der Waals surface area contributed by atoms with E-state index < -0.39 is 0 Å². The topological polar surface area (TPSA) is 121 Å². The molecule has 0 aromatic heterocycles. The van der Waals surface area contributed by atoms with Crippen molar-refractivity contribution in [2.24, 2.45) is 11.8 Å². The maximum Gasteiger partial charge on any atom is 0.122 e. The van der Waals surface area contributed by atoms with Crippen LogP contribution in [0.15, 0.2) is 97.1 Å². The Labute approximate surface area is 404 Å². The predicted octanol–water partition coefficient (Wildman–Crippen LogP) is 14.5. The fraction of sp³-hybridized carbons (Fsp3) is 0.419. The zero-order valence-electron chi connectivity index (χ0n) is 41.1. The van der Waals surface area contributed by atoms with Crippen LogP contribution in [0.2, 0.25) is 0 Å². The second-order valence-corrected chi connectivity index (χ2v) is 21.4. The Balaban J connectivity index is 1.19. The van der Waals surface area contributed by atoms with E-state index in [9.17, 15) is 30.6 Å². The fourth-order valence-corrected chi connectivity index (χ4v) is 13.7. The molecule has 0 heterocycles. The summed E-state index contributed by atoms with van der Waals surface area (Å²) in [6, 6.07) is 32.8. The van der Waals surface area contributed by atoms with E-state index in [-0.39, 0.29) is 57.2 Å². The first-order chi connectivity index (χ1) is 32.7. The number of rotatable bonds is 16. The molecule has 0 amide bonds. The molecule has 4 saturated carbocycles. The van der Waals surface area contributed by atoms with Crippen molar-refractivity contribution in [1.82, 2.24) is 0 Å². The van der Waals surface area contributed by atoms with E-state index in [4.69, 9.17) is 0 Å². The maximum absolute atomic E-state index is 12.3. The molecule has 356 valence electrons. The summed E-state index contributed by atoms with van der Waals surface area (Å²) in [5, 5.41) is 68.4. The van der Waals surface area contributed by atoms with Crippen LogP contribution < -0.4 is 0 Å². The lowest BCUT2D eigenvalue weighted by molar-refractivity contribution is -0.0282. The molecule has 0 atom stereocenters. The van der Waals surface area contributed by atoms with Gasteiger partial charge in [0.1, 0.15) is 34.5 Å². The summed E-state index contributed by atoms with van der Waals surface area (Å²) in [5.41, 5.74) is 13.3. The number of phenolic OH excluding ortho intramolecular Hbond substituents is 6. The van der Waals surface area contributed by atoms with Gasteiger partial charge in [-0.15, -0.1) is 0 Å². The zero-order valence-corrected chi connectivity index (χ0v) is 41.1. The van der Waals surface area contributed by atoms with Crippen LogP contribution >= 0.6 is 0 Å². The first-order valence-electron chi connectivity index (χ1n) is 25.6. The van der Waals surface area contributed by atoms with Crippen LogP contribution in [0.1, 0.15) is 182 Å². The SMILES string of the molecule is CCCc1cc(C(c2ccc(O)c(CCC)c2)c2cc(C34CC5CC(C3)CC(c3cc(C)c(O)c(C(c6ccc(O)c(CCC)c6)c6ccc(O)c(CCC)c6)c3)(C5)C4)cc(C)c2O)ccc1O. The number of aryl methyl sites for hydroxylation is 6. The van der Waals surface area contributed by atoms with Gasteiger partial charge in [-0.05, 0) is 192 Å². The first-order valence-corrected chi connectivity index (χ1v) is 25.6. The van der Waals surface area contributed by atoms with Crippen molar-refractivity contribution in [2.45, 2.75) is 154 Å². The number of aromatic hydroxyl groups is 6. The van der Waals surface area contributed by atoms with Crippen LogP contribution in [0.25, 0.3) is 0 Å². The van der Waals surface area contributed by atoms with E-state index in [1.54, 1.807) is 24.3 Å². The molecule has 0 unspecified atom stereocenters. The zero-order chi connectivity index (χ0) is 48.1. The molecule has 0 radical (unpaired) electrons. The molecule has 6 N–H and O–H groups in total. The molecule has 4 bridgehead atoms. The number of benzene rings is 6. The van der Waals surface area contributed by atoms with Gasteiger partial charge in [0.2, 0.25) is 0 Å². The highest BCUT2D eigenvalue weighted by Gasteiger charge is 2.59. The lowest BCUT2D eigenvalue weighted by atomic mass is 9.41. The van der Waals surface area contributed by atoms with Crippen LogP contribution in [0.4, 0.5) is 0 Å². The average Bonchev–Trinajstić information content (AvgIpc) is 3.30. The van der Waals surface area contributed by atoms with Crippen molar-refractivity contribution in [3.8, 4) is 34.5 Å². The van der Waals surface area contributed by atoms with Crippen molar-refractivity contribution in [2.75, 3.05) is 0 Å². The Morgan fingerprint density at radius 2 is 0.721 bits per heavy atom. The van der Waals surface area contributed by atoms with Crippen molar-refractivity contribution in [1.29, 1.82) is 0 Å². The van der Waals surface area contributed by atoms with E-state index in [1.807, 2.05) is 38.1 Å². The Hall–Kier alpha value is -5.88. The second kappa shape index (κ2) is 18.9. The minimum absolute atomic E-state index is 0.129. The molecular formula is C62H72O6. The Morgan fingerprint density at radius 1 is 0.426 bits per heavy atom. The molecule has 6 heteroatoms. The summed E-state index contributed by atoms with van der Waals surface area (Å²) in [7, 11) is 0. The van der Waals surface area contributed by atoms with Crippen LogP contribution in [0, 0.1) is 25.7 Å². The van der Waals surface area contributed by atoms with Gasteiger partial charge in [-0.3, -0.25) is 0 Å². The van der Waals surface area contributed by atoms with Crippen LogP contribution in [-0.2, 0) is 36.5 Å². The third-order valence-corrected chi connectivity index (χ3v) is 16.4. The first kappa shape index (κ1) is 47.2. The minimum atomic E-state index is -0.335. The Morgan fingerprint density at radius 3 is 1.00 bits per heavy atom. The molecule has 68 heavy (non-hydrogen) atoms. The highest BCUT2D eigenvalue weighted by atomic mass is 16.3. The van der Waals surface area contributed by atoms with Gasteiger partial charge in [0, 0.05) is 23.0 Å². The molecular weight excluding hydrogens is 841 g/mol. The maximum atomic E-state index is 12.3. The summed E-state index contributed by atoms with van der Waals surface area (Å²) >= 11 is 0. The summed E-state index contributed by atoms with van der Waals surface area (Å²) in [6.45, 7) is 12.5. The summed E-state index contributed by atoms with van der Waals surface area (Å²) in [5.74, 6) is 2.10. The summed E-state index contributed by atoms with van der Waals surface area (Å²) < 4.78 is 0. The molecule has 6 nitrogen and oxygen atoms in total. The van der Waals surface area contributed by atoms with Gasteiger partial charge in [0.25, 0.3) is 0 Å². The molecule has 4 aliphatic carbocycles. The predicted molar refractivity (Wildman–Crippen MR) is 274 cm³/mol. The molecule has 0 saturated heterocycles. The quantitative estimate of drug-likeness (QED) is 0.0538. The second-order valence-electron chi connectivity index (χ2n) is 21.4. The number of hydrogen-bond acceptors (Lipinski definition) is 6. The van der Waals surface area contributed by atoms with Gasteiger partial charge in [-0.1, -0.05) is 126 Å². The third kappa shape index (κ3) is 8.62. The minimum Gasteiger partial charge on any atom is -0.508 e. The van der Waals surface area contributed by atoms with E-state index in [0.29, 0.717) is 11.8 Å². The van der Waals surface area contributed by atoms with Crippen LogP contribution in [0.5, 0.6) is 34.5 Å². The summed E-state index contributed by atoms with van der Waals surface area (Å²) in [4.78, 5) is 0. The lowest BCUT2D eigenvalue weighted by Crippen LogP contribution is -2.56. The van der Waals surface area contributed by atoms with E-state index in [1.165, 1.54) is 17.5 Å². The van der Waals surface area contributed by atoms with Crippen LogP contribution in [-0.4, -0.2) is 30.6 Å². The van der Waals surface area contributed by atoms with Gasteiger partial charge in [-0.2, -0.15) is 0 Å². The van der Waals surface area contributed by atoms with Gasteiger partial charge in [0.15, 0.2) is 0 Å². The largest absolute Gasteiger partial charge is 0.508 e. The third-order valence-electron chi connectivity index (χ3n) is 16.4. The average molecular weight is 913 g/mol. The standard InChI is InChI=1S/C62H72O6/c1-7-11-41-26-45(15-19-53(41)63)57(46-16-20-54(64)42(27-46)12-8-2)51-30-49(23-37(5)59(51)67)61-32-39-25-40(33-61)35-62(34-39,36-61)50-24-38(6)60(68)52(31-50)58(47-17-21-55(65)43(28-47)13-9-3)48-18-22-56(66)44(29-48)14-10-4/h15-24,26-31,39-40,57-58,63-68H,7-14,25,32-36H2,1-6H3. The Bertz CT molecular complexity index is 2520. The monoisotopic (exact) mass is 913 g/mol. The van der Waals surface area contributed by atoms with Gasteiger partial charge >= 0.3 is 0 Å². The van der Waals surface area contributed by atoms with Crippen molar-refractivity contribution in [3.05, 3.63) is 175 Å². The van der Waals surface area contributed by atoms with Gasteiger partial charge in [0.05, 0.1) is 0 Å².